The molecule has 2 heterocycles. The topological polar surface area (TPSA) is 40.6 Å². The maximum Gasteiger partial charge on any atom is 0.255 e. The third-order valence-electron chi connectivity index (χ3n) is 6.77. The van der Waals surface area contributed by atoms with Gasteiger partial charge in [0.15, 0.2) is 0 Å². The molecule has 0 aromatic heterocycles. The van der Waals surface area contributed by atoms with E-state index < -0.39 is 11.9 Å². The van der Waals surface area contributed by atoms with Gasteiger partial charge in [-0.1, -0.05) is 32.3 Å². The van der Waals surface area contributed by atoms with Gasteiger partial charge < -0.3 is 9.80 Å². The fourth-order valence-electron chi connectivity index (χ4n) is 4.97. The van der Waals surface area contributed by atoms with Crippen LogP contribution < -0.4 is 0 Å². The van der Waals surface area contributed by atoms with Gasteiger partial charge in [-0.3, -0.25) is 9.59 Å². The minimum Gasteiger partial charge on any atom is -0.341 e. The second-order valence-corrected chi connectivity index (χ2v) is 10.0. The molecule has 0 bridgehead atoms. The summed E-state index contributed by atoms with van der Waals surface area (Å²) in [6.45, 7) is 3.78. The van der Waals surface area contributed by atoms with Crippen LogP contribution in [0.5, 0.6) is 0 Å². The summed E-state index contributed by atoms with van der Waals surface area (Å²) in [5.74, 6) is 1.18. The Balaban J connectivity index is 1.59. The maximum absolute atomic E-state index is 13.8. The van der Waals surface area contributed by atoms with Crippen LogP contribution in [0.25, 0.3) is 0 Å². The summed E-state index contributed by atoms with van der Waals surface area (Å²) in [4.78, 5) is 30.6. The zero-order chi connectivity index (χ0) is 20.4. The number of hydrogen-bond acceptors (Lipinski definition) is 3. The number of likely N-dealkylation sites (tertiary alicyclic amines) is 1. The van der Waals surface area contributed by atoms with Crippen molar-refractivity contribution in [2.75, 3.05) is 18.8 Å². The minimum absolute atomic E-state index is 0.0173. The highest BCUT2D eigenvalue weighted by Crippen LogP contribution is 2.41. The Bertz CT molecular complexity index is 744. The third kappa shape index (κ3) is 4.47. The molecule has 2 atom stereocenters. The lowest BCUT2D eigenvalue weighted by Crippen LogP contribution is -2.53. The van der Waals surface area contributed by atoms with Gasteiger partial charge in [0.2, 0.25) is 5.91 Å². The number of halogens is 1. The maximum atomic E-state index is 13.8. The molecule has 1 aromatic carbocycles. The molecule has 0 unspecified atom stereocenters. The molecule has 4 nitrogen and oxygen atoms in total. The van der Waals surface area contributed by atoms with Crippen molar-refractivity contribution in [2.24, 2.45) is 11.8 Å². The summed E-state index contributed by atoms with van der Waals surface area (Å²) in [6, 6.07) is 5.45. The van der Waals surface area contributed by atoms with Crippen LogP contribution in [0, 0.1) is 17.7 Å². The number of carbonyl (C=O) groups is 2. The lowest BCUT2D eigenvalue weighted by molar-refractivity contribution is -0.136. The van der Waals surface area contributed by atoms with Crippen LogP contribution in [0.1, 0.15) is 62.2 Å². The van der Waals surface area contributed by atoms with Crippen molar-refractivity contribution in [3.8, 4) is 0 Å². The molecule has 158 valence electrons. The summed E-state index contributed by atoms with van der Waals surface area (Å²) in [6.07, 6.45) is 7.88. The summed E-state index contributed by atoms with van der Waals surface area (Å²) in [5, 5.41) is 0.0173. The molecule has 3 aliphatic rings. The van der Waals surface area contributed by atoms with Crippen LogP contribution >= 0.6 is 11.8 Å². The number of carbonyl (C=O) groups excluding carboxylic acids is 2. The smallest absolute Gasteiger partial charge is 0.255 e. The normalized spacial score (nSPS) is 26.7. The van der Waals surface area contributed by atoms with Crippen LogP contribution in [0.3, 0.4) is 0 Å². The number of thioether (sulfide) groups is 1. The van der Waals surface area contributed by atoms with Crippen LogP contribution in [-0.4, -0.2) is 51.9 Å². The quantitative estimate of drug-likeness (QED) is 0.723. The molecule has 2 saturated heterocycles. The van der Waals surface area contributed by atoms with E-state index in [4.69, 9.17) is 0 Å². The standard InChI is InChI=1S/C23H31FN2O2S/c1-16-10-12-25(13-11-16)22(28)20-15-29-23(17-6-3-2-4-7-17)26(20)21(27)18-8-5-9-19(24)14-18/h5,8-9,14,16-17,20,23H,2-4,6-7,10-13,15H2,1H3/t20-,23-/m0/s1. The Kier molecular flexibility index (Phi) is 6.47. The predicted molar refractivity (Wildman–Crippen MR) is 114 cm³/mol. The van der Waals surface area contributed by atoms with E-state index in [-0.39, 0.29) is 17.2 Å². The van der Waals surface area contributed by atoms with Gasteiger partial charge >= 0.3 is 0 Å². The highest BCUT2D eigenvalue weighted by Gasteiger charge is 2.46. The molecule has 0 radical (unpaired) electrons. The number of nitrogens with zero attached hydrogens (tertiary/aromatic N) is 2. The minimum atomic E-state index is -0.434. The molecule has 29 heavy (non-hydrogen) atoms. The average Bonchev–Trinajstić information content (AvgIpc) is 3.19. The van der Waals surface area contributed by atoms with Crippen molar-refractivity contribution in [1.82, 2.24) is 9.80 Å². The predicted octanol–water partition coefficient (Wildman–Crippen LogP) is 4.55. The SMILES string of the molecule is CC1CCN(C(=O)[C@@H]2CS[C@@H](C3CCCCC3)N2C(=O)c2cccc(F)c2)CC1. The van der Waals surface area contributed by atoms with Crippen molar-refractivity contribution >= 4 is 23.6 Å². The van der Waals surface area contributed by atoms with E-state index in [2.05, 4.69) is 6.92 Å². The molecule has 0 N–H and O–H groups in total. The van der Waals surface area contributed by atoms with E-state index in [0.717, 1.165) is 38.8 Å². The average molecular weight is 419 g/mol. The monoisotopic (exact) mass is 418 g/mol. The highest BCUT2D eigenvalue weighted by atomic mass is 32.2. The number of hydrogen-bond donors (Lipinski definition) is 0. The van der Waals surface area contributed by atoms with Crippen LogP contribution in [0.4, 0.5) is 4.39 Å². The summed E-state index contributed by atoms with van der Waals surface area (Å²) >= 11 is 1.75. The van der Waals surface area contributed by atoms with Gasteiger partial charge in [0, 0.05) is 24.4 Å². The fourth-order valence-corrected chi connectivity index (χ4v) is 6.60. The van der Waals surface area contributed by atoms with E-state index in [1.807, 2.05) is 9.80 Å². The van der Waals surface area contributed by atoms with Gasteiger partial charge in [-0.25, -0.2) is 4.39 Å². The highest BCUT2D eigenvalue weighted by molar-refractivity contribution is 8.00. The first kappa shape index (κ1) is 20.7. The van der Waals surface area contributed by atoms with Crippen LogP contribution in [-0.2, 0) is 4.79 Å². The van der Waals surface area contributed by atoms with Crippen molar-refractivity contribution in [3.63, 3.8) is 0 Å². The molecular formula is C23H31FN2O2S. The first-order valence-electron chi connectivity index (χ1n) is 11.0. The van der Waals surface area contributed by atoms with E-state index in [9.17, 15) is 14.0 Å². The van der Waals surface area contributed by atoms with Crippen LogP contribution in [0.15, 0.2) is 24.3 Å². The first-order chi connectivity index (χ1) is 14.0. The number of piperidine rings is 1. The second-order valence-electron chi connectivity index (χ2n) is 8.87. The van der Waals surface area contributed by atoms with E-state index in [1.165, 1.54) is 31.4 Å². The molecule has 2 amide bonds. The number of benzene rings is 1. The zero-order valence-electron chi connectivity index (χ0n) is 17.2. The molecule has 6 heteroatoms. The molecule has 1 saturated carbocycles. The van der Waals surface area contributed by atoms with Crippen molar-refractivity contribution in [2.45, 2.75) is 63.3 Å². The largest absolute Gasteiger partial charge is 0.341 e. The fraction of sp³-hybridized carbons (Fsp3) is 0.652. The Hall–Kier alpha value is -1.56. The van der Waals surface area contributed by atoms with Crippen molar-refractivity contribution < 1.29 is 14.0 Å². The van der Waals surface area contributed by atoms with E-state index in [1.54, 1.807) is 23.9 Å². The Labute approximate surface area is 177 Å². The Morgan fingerprint density at radius 1 is 1.07 bits per heavy atom. The summed E-state index contributed by atoms with van der Waals surface area (Å²) in [5.41, 5.74) is 0.346. The van der Waals surface area contributed by atoms with Gasteiger partial charge in [-0.05, 0) is 55.7 Å². The van der Waals surface area contributed by atoms with E-state index in [0.29, 0.717) is 23.2 Å². The number of rotatable bonds is 3. The van der Waals surface area contributed by atoms with Crippen molar-refractivity contribution in [3.05, 3.63) is 35.6 Å². The van der Waals surface area contributed by atoms with Gasteiger partial charge in [-0.15, -0.1) is 11.8 Å². The Morgan fingerprint density at radius 3 is 2.48 bits per heavy atom. The molecule has 4 rings (SSSR count). The van der Waals surface area contributed by atoms with Gasteiger partial charge in [-0.2, -0.15) is 0 Å². The molecule has 0 spiro atoms. The van der Waals surface area contributed by atoms with Gasteiger partial charge in [0.05, 0.1) is 5.37 Å². The molecule has 3 fully saturated rings. The lowest BCUT2D eigenvalue weighted by Gasteiger charge is -2.38. The van der Waals surface area contributed by atoms with Crippen molar-refractivity contribution in [1.29, 1.82) is 0 Å². The first-order valence-corrected chi connectivity index (χ1v) is 12.1. The molecular weight excluding hydrogens is 387 g/mol. The molecule has 1 aliphatic carbocycles. The lowest BCUT2D eigenvalue weighted by atomic mass is 9.88. The summed E-state index contributed by atoms with van der Waals surface area (Å²) in [7, 11) is 0. The van der Waals surface area contributed by atoms with Gasteiger partial charge in [0.1, 0.15) is 11.9 Å². The zero-order valence-corrected chi connectivity index (χ0v) is 18.0. The van der Waals surface area contributed by atoms with E-state index >= 15 is 0 Å². The Morgan fingerprint density at radius 2 is 1.79 bits per heavy atom. The molecule has 1 aromatic rings. The second kappa shape index (κ2) is 9.07. The summed E-state index contributed by atoms with van der Waals surface area (Å²) < 4.78 is 13.8. The number of amides is 2. The molecule has 2 aliphatic heterocycles. The van der Waals surface area contributed by atoms with Gasteiger partial charge in [0.25, 0.3) is 5.91 Å². The van der Waals surface area contributed by atoms with Crippen LogP contribution in [0.2, 0.25) is 0 Å². The third-order valence-corrected chi connectivity index (χ3v) is 8.24.